The maximum absolute atomic E-state index is 8.61. The van der Waals surface area contributed by atoms with Crippen LogP contribution in [0.2, 0.25) is 5.15 Å². The highest BCUT2D eigenvalue weighted by Gasteiger charge is 2.04. The lowest BCUT2D eigenvalue weighted by Gasteiger charge is -1.87. The summed E-state index contributed by atoms with van der Waals surface area (Å²) < 4.78 is 0. The van der Waals surface area contributed by atoms with Crippen molar-refractivity contribution in [1.29, 1.82) is 5.26 Å². The standard InChI is InChI=1S/C7H3ClN4/c8-6-2-1-4-5(3-9)11-12-7(4)10-6/h1-2H,(H,10,11,12). The summed E-state index contributed by atoms with van der Waals surface area (Å²) in [5, 5.41) is 16.0. The lowest BCUT2D eigenvalue weighted by atomic mass is 10.3. The fourth-order valence-corrected chi connectivity index (χ4v) is 1.10. The molecule has 0 fully saturated rings. The van der Waals surface area contributed by atoms with Gasteiger partial charge in [0.2, 0.25) is 0 Å². The Morgan fingerprint density at radius 3 is 3.08 bits per heavy atom. The molecule has 0 unspecified atom stereocenters. The molecule has 0 bridgehead atoms. The second-order valence-electron chi connectivity index (χ2n) is 2.22. The van der Waals surface area contributed by atoms with E-state index in [9.17, 15) is 0 Å². The number of halogens is 1. The predicted octanol–water partition coefficient (Wildman–Crippen LogP) is 1.48. The van der Waals surface area contributed by atoms with Crippen LogP contribution in [0.25, 0.3) is 11.0 Å². The van der Waals surface area contributed by atoms with Crippen molar-refractivity contribution in [1.82, 2.24) is 15.2 Å². The SMILES string of the molecule is N#Cc1[nH]nc2nc(Cl)ccc12. The van der Waals surface area contributed by atoms with Crippen molar-refractivity contribution in [3.05, 3.63) is 23.0 Å². The molecule has 0 amide bonds. The van der Waals surface area contributed by atoms with Crippen LogP contribution in [-0.4, -0.2) is 15.2 Å². The first kappa shape index (κ1) is 7.07. The van der Waals surface area contributed by atoms with E-state index < -0.39 is 0 Å². The number of pyridine rings is 1. The summed E-state index contributed by atoms with van der Waals surface area (Å²) in [5.41, 5.74) is 0.883. The lowest BCUT2D eigenvalue weighted by Crippen LogP contribution is -1.76. The third-order valence-corrected chi connectivity index (χ3v) is 1.71. The molecule has 0 aromatic carbocycles. The molecule has 0 aliphatic carbocycles. The van der Waals surface area contributed by atoms with E-state index in [2.05, 4.69) is 15.2 Å². The van der Waals surface area contributed by atoms with E-state index in [4.69, 9.17) is 16.9 Å². The van der Waals surface area contributed by atoms with Gasteiger partial charge in [0.05, 0.1) is 5.39 Å². The van der Waals surface area contributed by atoms with E-state index in [0.717, 1.165) is 0 Å². The van der Waals surface area contributed by atoms with Crippen molar-refractivity contribution < 1.29 is 0 Å². The zero-order valence-corrected chi connectivity index (χ0v) is 6.63. The van der Waals surface area contributed by atoms with Crippen LogP contribution in [0.15, 0.2) is 12.1 Å². The number of hydrogen-bond donors (Lipinski definition) is 1. The van der Waals surface area contributed by atoms with Gasteiger partial charge in [-0.15, -0.1) is 0 Å². The summed E-state index contributed by atoms with van der Waals surface area (Å²) in [6.45, 7) is 0. The third-order valence-electron chi connectivity index (χ3n) is 1.50. The second-order valence-corrected chi connectivity index (χ2v) is 2.60. The predicted molar refractivity (Wildman–Crippen MR) is 43.6 cm³/mol. The van der Waals surface area contributed by atoms with Crippen LogP contribution in [0.1, 0.15) is 5.69 Å². The van der Waals surface area contributed by atoms with E-state index in [1.807, 2.05) is 6.07 Å². The molecule has 2 aromatic heterocycles. The summed E-state index contributed by atoms with van der Waals surface area (Å²) in [6.07, 6.45) is 0. The molecule has 2 heterocycles. The van der Waals surface area contributed by atoms with E-state index in [0.29, 0.717) is 21.9 Å². The molecule has 0 saturated heterocycles. The average Bonchev–Trinajstić information content (AvgIpc) is 2.46. The number of fused-ring (bicyclic) bond motifs is 1. The van der Waals surface area contributed by atoms with Crippen LogP contribution < -0.4 is 0 Å². The molecule has 0 spiro atoms. The van der Waals surface area contributed by atoms with Crippen LogP contribution in [0.3, 0.4) is 0 Å². The van der Waals surface area contributed by atoms with Crippen LogP contribution in [0, 0.1) is 11.3 Å². The highest BCUT2D eigenvalue weighted by Crippen LogP contribution is 2.15. The van der Waals surface area contributed by atoms with Gasteiger partial charge in [0.15, 0.2) is 5.65 Å². The topological polar surface area (TPSA) is 65.4 Å². The van der Waals surface area contributed by atoms with Gasteiger partial charge >= 0.3 is 0 Å². The van der Waals surface area contributed by atoms with Gasteiger partial charge in [0.25, 0.3) is 0 Å². The Balaban J connectivity index is 2.84. The van der Waals surface area contributed by atoms with Crippen molar-refractivity contribution in [3.63, 3.8) is 0 Å². The zero-order chi connectivity index (χ0) is 8.55. The molecule has 2 rings (SSSR count). The van der Waals surface area contributed by atoms with Crippen molar-refractivity contribution >= 4 is 22.6 Å². The molecule has 4 nitrogen and oxygen atoms in total. The minimum absolute atomic E-state index is 0.374. The maximum atomic E-state index is 8.61. The van der Waals surface area contributed by atoms with Crippen LogP contribution >= 0.6 is 11.6 Å². The molecule has 0 saturated carbocycles. The first-order valence-electron chi connectivity index (χ1n) is 3.22. The largest absolute Gasteiger partial charge is 0.265 e. The second kappa shape index (κ2) is 2.47. The van der Waals surface area contributed by atoms with Crippen LogP contribution in [0.5, 0.6) is 0 Å². The Bertz CT molecular complexity index is 468. The quantitative estimate of drug-likeness (QED) is 0.622. The fraction of sp³-hybridized carbons (Fsp3) is 0. The summed E-state index contributed by atoms with van der Waals surface area (Å²) in [5.74, 6) is 0. The average molecular weight is 179 g/mol. The maximum Gasteiger partial charge on any atom is 0.183 e. The van der Waals surface area contributed by atoms with Crippen LogP contribution in [-0.2, 0) is 0 Å². The number of nitriles is 1. The molecule has 12 heavy (non-hydrogen) atoms. The Labute approximate surface area is 72.8 Å². The molecule has 58 valence electrons. The number of hydrogen-bond acceptors (Lipinski definition) is 3. The number of H-pyrrole nitrogens is 1. The monoisotopic (exact) mass is 178 g/mol. The number of aromatic amines is 1. The number of aromatic nitrogens is 3. The number of nitrogens with zero attached hydrogens (tertiary/aromatic N) is 3. The summed E-state index contributed by atoms with van der Waals surface area (Å²) in [7, 11) is 0. The van der Waals surface area contributed by atoms with Crippen molar-refractivity contribution in [2.45, 2.75) is 0 Å². The zero-order valence-electron chi connectivity index (χ0n) is 5.87. The van der Waals surface area contributed by atoms with Gasteiger partial charge in [-0.25, -0.2) is 4.98 Å². The Kier molecular flexibility index (Phi) is 1.45. The van der Waals surface area contributed by atoms with E-state index in [-0.39, 0.29) is 0 Å². The van der Waals surface area contributed by atoms with Gasteiger partial charge in [0.1, 0.15) is 16.9 Å². The van der Waals surface area contributed by atoms with Crippen molar-refractivity contribution in [2.24, 2.45) is 0 Å². The smallest absolute Gasteiger partial charge is 0.183 e. The third kappa shape index (κ3) is 0.917. The van der Waals surface area contributed by atoms with Gasteiger partial charge in [-0.2, -0.15) is 10.4 Å². The molecule has 0 radical (unpaired) electrons. The minimum atomic E-state index is 0.374. The molecular weight excluding hydrogens is 176 g/mol. The van der Waals surface area contributed by atoms with Gasteiger partial charge < -0.3 is 0 Å². The number of rotatable bonds is 0. The van der Waals surface area contributed by atoms with Crippen molar-refractivity contribution in [3.8, 4) is 6.07 Å². The van der Waals surface area contributed by atoms with Gasteiger partial charge in [-0.1, -0.05) is 11.6 Å². The highest BCUT2D eigenvalue weighted by atomic mass is 35.5. The summed E-state index contributed by atoms with van der Waals surface area (Å²) >= 11 is 5.62. The molecule has 2 aromatic rings. The summed E-state index contributed by atoms with van der Waals surface area (Å²) in [6, 6.07) is 5.31. The Morgan fingerprint density at radius 2 is 2.33 bits per heavy atom. The molecule has 0 atom stereocenters. The molecular formula is C7H3ClN4. The Morgan fingerprint density at radius 1 is 1.50 bits per heavy atom. The first-order chi connectivity index (χ1) is 5.81. The fourth-order valence-electron chi connectivity index (χ4n) is 0.960. The van der Waals surface area contributed by atoms with Gasteiger partial charge in [-0.3, -0.25) is 5.10 Å². The van der Waals surface area contributed by atoms with Gasteiger partial charge in [0, 0.05) is 0 Å². The molecule has 0 aliphatic rings. The van der Waals surface area contributed by atoms with Crippen molar-refractivity contribution in [2.75, 3.05) is 0 Å². The van der Waals surface area contributed by atoms with E-state index in [1.54, 1.807) is 12.1 Å². The van der Waals surface area contributed by atoms with E-state index >= 15 is 0 Å². The van der Waals surface area contributed by atoms with Gasteiger partial charge in [-0.05, 0) is 12.1 Å². The van der Waals surface area contributed by atoms with Crippen LogP contribution in [0.4, 0.5) is 0 Å². The lowest BCUT2D eigenvalue weighted by molar-refractivity contribution is 1.08. The van der Waals surface area contributed by atoms with E-state index in [1.165, 1.54) is 0 Å². The normalized spacial score (nSPS) is 10.0. The molecule has 1 N–H and O–H groups in total. The highest BCUT2D eigenvalue weighted by molar-refractivity contribution is 6.29. The first-order valence-corrected chi connectivity index (χ1v) is 3.60. The Hall–Kier alpha value is -1.60. The summed E-state index contributed by atoms with van der Waals surface area (Å²) in [4.78, 5) is 3.92. The number of nitrogens with one attached hydrogen (secondary N) is 1. The molecule has 5 heteroatoms. The molecule has 0 aliphatic heterocycles. The minimum Gasteiger partial charge on any atom is -0.265 e.